The van der Waals surface area contributed by atoms with E-state index in [4.69, 9.17) is 23.2 Å². The van der Waals surface area contributed by atoms with E-state index in [1.807, 2.05) is 11.3 Å². The topological polar surface area (TPSA) is 43.1 Å². The van der Waals surface area contributed by atoms with Gasteiger partial charge in [-0.1, -0.05) is 23.2 Å². The Hall–Kier alpha value is -2.24. The highest BCUT2D eigenvalue weighted by molar-refractivity contribution is 6.35. The number of hydrogen-bond donors (Lipinski definition) is 0. The van der Waals surface area contributed by atoms with E-state index in [1.54, 1.807) is 24.3 Å². The van der Waals surface area contributed by atoms with Crippen molar-refractivity contribution in [3.8, 4) is 11.4 Å². The Bertz CT molecular complexity index is 1070. The molecule has 0 unspecified atom stereocenters. The summed E-state index contributed by atoms with van der Waals surface area (Å²) in [6.07, 6.45) is 0. The van der Waals surface area contributed by atoms with Crippen LogP contribution in [0.25, 0.3) is 28.1 Å². The molecule has 0 N–H and O–H groups in total. The maximum atomic E-state index is 13.5. The lowest BCUT2D eigenvalue weighted by molar-refractivity contribution is 0.629. The van der Waals surface area contributed by atoms with Crippen LogP contribution in [0.5, 0.6) is 0 Å². The summed E-state index contributed by atoms with van der Waals surface area (Å²) in [5, 5.41) is 9.30. The van der Waals surface area contributed by atoms with Gasteiger partial charge in [-0.15, -0.1) is 10.2 Å². The molecule has 7 heteroatoms. The molecule has 0 saturated carbocycles. The van der Waals surface area contributed by atoms with Crippen molar-refractivity contribution in [2.24, 2.45) is 0 Å². The highest BCUT2D eigenvalue weighted by Gasteiger charge is 2.17. The molecular weight excluding hydrogens is 338 g/mol. The molecule has 4 rings (SSSR count). The Kier molecular flexibility index (Phi) is 3.21. The number of halogens is 3. The largest absolute Gasteiger partial charge is 0.273 e. The van der Waals surface area contributed by atoms with Crippen LogP contribution in [0.3, 0.4) is 0 Å². The number of benzene rings is 2. The fourth-order valence-corrected chi connectivity index (χ4v) is 2.96. The van der Waals surface area contributed by atoms with Crippen LogP contribution in [-0.4, -0.2) is 19.6 Å². The highest BCUT2D eigenvalue weighted by atomic mass is 35.5. The molecule has 0 bridgehead atoms. The number of fused-ring (bicyclic) bond motifs is 3. The summed E-state index contributed by atoms with van der Waals surface area (Å²) in [5.41, 5.74) is 3.11. The van der Waals surface area contributed by atoms with Crippen LogP contribution in [0, 0.1) is 12.7 Å². The Morgan fingerprint density at radius 3 is 2.70 bits per heavy atom. The summed E-state index contributed by atoms with van der Waals surface area (Å²) in [7, 11) is 0. The van der Waals surface area contributed by atoms with Crippen LogP contribution in [0.15, 0.2) is 36.4 Å². The van der Waals surface area contributed by atoms with Crippen molar-refractivity contribution in [2.75, 3.05) is 0 Å². The molecule has 4 nitrogen and oxygen atoms in total. The molecule has 2 aromatic heterocycles. The van der Waals surface area contributed by atoms with E-state index in [2.05, 4.69) is 15.2 Å². The lowest BCUT2D eigenvalue weighted by Crippen LogP contribution is -1.98. The minimum Gasteiger partial charge on any atom is -0.273 e. The second kappa shape index (κ2) is 5.15. The molecule has 0 spiro atoms. The van der Waals surface area contributed by atoms with Gasteiger partial charge in [0.25, 0.3) is 0 Å². The van der Waals surface area contributed by atoms with E-state index in [0.717, 1.165) is 0 Å². The number of nitrogens with zero attached hydrogens (tertiary/aromatic N) is 4. The molecule has 4 aromatic rings. The van der Waals surface area contributed by atoms with Crippen molar-refractivity contribution < 1.29 is 4.39 Å². The van der Waals surface area contributed by atoms with Gasteiger partial charge in [0, 0.05) is 16.7 Å². The van der Waals surface area contributed by atoms with Gasteiger partial charge >= 0.3 is 0 Å². The van der Waals surface area contributed by atoms with Crippen LogP contribution in [0.2, 0.25) is 10.0 Å². The maximum Gasteiger partial charge on any atom is 0.183 e. The molecule has 0 aliphatic carbocycles. The minimum atomic E-state index is -0.370. The second-order valence-corrected chi connectivity index (χ2v) is 5.98. The normalized spacial score (nSPS) is 11.5. The summed E-state index contributed by atoms with van der Waals surface area (Å²) in [4.78, 5) is 4.56. The monoisotopic (exact) mass is 346 g/mol. The Balaban J connectivity index is 2.17. The van der Waals surface area contributed by atoms with Crippen LogP contribution < -0.4 is 0 Å². The molecule has 0 saturated heterocycles. The van der Waals surface area contributed by atoms with Crippen LogP contribution in [0.4, 0.5) is 4.39 Å². The molecule has 2 heterocycles. The van der Waals surface area contributed by atoms with Crippen molar-refractivity contribution in [1.82, 2.24) is 19.6 Å². The van der Waals surface area contributed by atoms with Crippen molar-refractivity contribution in [3.05, 3.63) is 58.0 Å². The number of rotatable bonds is 1. The van der Waals surface area contributed by atoms with E-state index >= 15 is 0 Å². The predicted molar refractivity (Wildman–Crippen MR) is 88.4 cm³/mol. The smallest absolute Gasteiger partial charge is 0.183 e. The molecule has 0 aliphatic rings. The van der Waals surface area contributed by atoms with Crippen LogP contribution >= 0.6 is 23.2 Å². The van der Waals surface area contributed by atoms with Gasteiger partial charge in [-0.3, -0.25) is 4.40 Å². The van der Waals surface area contributed by atoms with Gasteiger partial charge < -0.3 is 0 Å². The first-order chi connectivity index (χ1) is 11.0. The summed E-state index contributed by atoms with van der Waals surface area (Å²) in [6, 6.07) is 9.53. The van der Waals surface area contributed by atoms with Crippen molar-refractivity contribution in [1.29, 1.82) is 0 Å². The molecule has 114 valence electrons. The second-order valence-electron chi connectivity index (χ2n) is 5.14. The van der Waals surface area contributed by atoms with E-state index in [0.29, 0.717) is 43.8 Å². The fourth-order valence-electron chi connectivity index (χ4n) is 2.58. The van der Waals surface area contributed by atoms with Crippen molar-refractivity contribution in [2.45, 2.75) is 6.92 Å². The zero-order chi connectivity index (χ0) is 16.1. The third-order valence-electron chi connectivity index (χ3n) is 3.62. The van der Waals surface area contributed by atoms with E-state index in [1.165, 1.54) is 12.1 Å². The van der Waals surface area contributed by atoms with Gasteiger partial charge in [-0.2, -0.15) is 0 Å². The van der Waals surface area contributed by atoms with E-state index in [-0.39, 0.29) is 5.82 Å². The molecule has 2 aromatic carbocycles. The molecular formula is C16H9Cl2FN4. The number of hydrogen-bond acceptors (Lipinski definition) is 3. The number of imidazole rings is 1. The van der Waals surface area contributed by atoms with Crippen molar-refractivity contribution in [3.63, 3.8) is 0 Å². The summed E-state index contributed by atoms with van der Waals surface area (Å²) in [5.74, 6) is 0.224. The zero-order valence-electron chi connectivity index (χ0n) is 11.9. The number of aromatic nitrogens is 4. The summed E-state index contributed by atoms with van der Waals surface area (Å²) < 4.78 is 15.3. The Morgan fingerprint density at radius 2 is 1.87 bits per heavy atom. The molecule has 0 fully saturated rings. The molecule has 0 atom stereocenters. The molecule has 23 heavy (non-hydrogen) atoms. The first-order valence-corrected chi connectivity index (χ1v) is 7.56. The summed E-state index contributed by atoms with van der Waals surface area (Å²) >= 11 is 12.4. The minimum absolute atomic E-state index is 0.370. The quantitative estimate of drug-likeness (QED) is 0.501. The van der Waals surface area contributed by atoms with Crippen LogP contribution in [-0.2, 0) is 0 Å². The molecule has 0 amide bonds. The Morgan fingerprint density at radius 1 is 1.04 bits per heavy atom. The first-order valence-electron chi connectivity index (χ1n) is 6.81. The fraction of sp³-hybridized carbons (Fsp3) is 0.0625. The number of aryl methyl sites for hydroxylation is 1. The third-order valence-corrected chi connectivity index (χ3v) is 4.19. The van der Waals surface area contributed by atoms with Gasteiger partial charge in [0.05, 0.1) is 16.2 Å². The average Bonchev–Trinajstić information content (AvgIpc) is 2.86. The van der Waals surface area contributed by atoms with E-state index in [9.17, 15) is 4.39 Å². The van der Waals surface area contributed by atoms with Gasteiger partial charge in [-0.05, 0) is 37.3 Å². The van der Waals surface area contributed by atoms with Crippen LogP contribution in [0.1, 0.15) is 5.69 Å². The standard InChI is InChI=1S/C16H9Cl2FN4/c1-8-15-22-21-13-7-10(19)3-5-14(13)23(15)16(20-8)11-6-9(17)2-4-12(11)18/h2-7H,1H3. The lowest BCUT2D eigenvalue weighted by Gasteiger charge is -2.07. The van der Waals surface area contributed by atoms with Crippen molar-refractivity contribution >= 4 is 39.9 Å². The predicted octanol–water partition coefficient (Wildman–Crippen LogP) is 4.70. The SMILES string of the molecule is Cc1nc(-c2cc(Cl)ccc2Cl)n2c1nnc1cc(F)ccc12. The first kappa shape index (κ1) is 14.4. The molecule has 0 aliphatic heterocycles. The highest BCUT2D eigenvalue weighted by Crippen LogP contribution is 2.32. The van der Waals surface area contributed by atoms with Gasteiger partial charge in [0.2, 0.25) is 0 Å². The lowest BCUT2D eigenvalue weighted by atomic mass is 10.2. The van der Waals surface area contributed by atoms with Gasteiger partial charge in [0.1, 0.15) is 17.2 Å². The zero-order valence-corrected chi connectivity index (χ0v) is 13.4. The van der Waals surface area contributed by atoms with Gasteiger partial charge in [-0.25, -0.2) is 9.37 Å². The maximum absolute atomic E-state index is 13.5. The van der Waals surface area contributed by atoms with Gasteiger partial charge in [0.15, 0.2) is 5.65 Å². The average molecular weight is 347 g/mol. The third kappa shape index (κ3) is 2.24. The van der Waals surface area contributed by atoms with E-state index < -0.39 is 0 Å². The Labute approximate surface area is 140 Å². The molecule has 0 radical (unpaired) electrons. The summed E-state index contributed by atoms with van der Waals surface area (Å²) in [6.45, 7) is 1.83.